The molecule has 8 heteroatoms. The van der Waals surface area contributed by atoms with Gasteiger partial charge in [-0.3, -0.25) is 4.79 Å². The van der Waals surface area contributed by atoms with Gasteiger partial charge in [0, 0.05) is 40.0 Å². The molecule has 0 bridgehead atoms. The maximum atomic E-state index is 12.3. The molecule has 1 aromatic carbocycles. The van der Waals surface area contributed by atoms with E-state index in [1.807, 2.05) is 0 Å². The van der Waals surface area contributed by atoms with Crippen molar-refractivity contribution in [2.45, 2.75) is 30.7 Å². The maximum absolute atomic E-state index is 12.3. The third-order valence-corrected chi connectivity index (χ3v) is 5.96. The molecule has 0 aromatic heterocycles. The van der Waals surface area contributed by atoms with Crippen molar-refractivity contribution < 1.29 is 17.9 Å². The summed E-state index contributed by atoms with van der Waals surface area (Å²) in [6.45, 7) is 2.94. The fourth-order valence-electron chi connectivity index (χ4n) is 2.16. The Morgan fingerprint density at radius 2 is 2.00 bits per heavy atom. The fourth-order valence-corrected chi connectivity index (χ4v) is 4.31. The highest BCUT2D eigenvalue weighted by Crippen LogP contribution is 2.29. The van der Waals surface area contributed by atoms with Crippen LogP contribution in [0.15, 0.2) is 21.5 Å². The lowest BCUT2D eigenvalue weighted by Gasteiger charge is -2.23. The van der Waals surface area contributed by atoms with Crippen LogP contribution in [0.25, 0.3) is 0 Å². The van der Waals surface area contributed by atoms with E-state index in [0.29, 0.717) is 23.2 Å². The monoisotopic (exact) mass is 395 g/mol. The molecule has 0 spiro atoms. The lowest BCUT2D eigenvalue weighted by molar-refractivity contribution is 0.0696. The van der Waals surface area contributed by atoms with E-state index < -0.39 is 9.05 Å². The highest BCUT2D eigenvalue weighted by Gasteiger charge is 2.22. The summed E-state index contributed by atoms with van der Waals surface area (Å²) in [6, 6.07) is 2.96. The Hall–Kier alpha value is -0.630. The fraction of sp³-hybridized carbons (Fsp3) is 0.462. The van der Waals surface area contributed by atoms with Crippen LogP contribution in [0, 0.1) is 6.92 Å². The van der Waals surface area contributed by atoms with Crippen molar-refractivity contribution in [3.63, 3.8) is 0 Å². The molecule has 5 nitrogen and oxygen atoms in total. The van der Waals surface area contributed by atoms with Gasteiger partial charge < -0.3 is 10.1 Å². The second kappa shape index (κ2) is 6.64. The largest absolute Gasteiger partial charge is 0.381 e. The molecule has 1 fully saturated rings. The zero-order chi connectivity index (χ0) is 15.6. The smallest absolute Gasteiger partial charge is 0.262 e. The number of hydrogen-bond donors (Lipinski definition) is 1. The summed E-state index contributed by atoms with van der Waals surface area (Å²) < 4.78 is 28.7. The molecule has 1 aliphatic heterocycles. The quantitative estimate of drug-likeness (QED) is 0.797. The van der Waals surface area contributed by atoms with E-state index in [2.05, 4.69) is 21.2 Å². The van der Waals surface area contributed by atoms with E-state index in [9.17, 15) is 13.2 Å². The summed E-state index contributed by atoms with van der Waals surface area (Å²) in [5.41, 5.74) is 0.912. The number of nitrogens with one attached hydrogen (secondary N) is 1. The molecular weight excluding hydrogens is 382 g/mol. The number of carbonyl (C=O) groups excluding carboxylic acids is 1. The number of amides is 1. The highest BCUT2D eigenvalue weighted by atomic mass is 79.9. The minimum atomic E-state index is -3.92. The summed E-state index contributed by atoms with van der Waals surface area (Å²) in [5, 5.41) is 2.89. The van der Waals surface area contributed by atoms with Crippen LogP contribution in [0.3, 0.4) is 0 Å². The Kier molecular flexibility index (Phi) is 5.29. The Morgan fingerprint density at radius 3 is 2.57 bits per heavy atom. The molecule has 1 amide bonds. The highest BCUT2D eigenvalue weighted by molar-refractivity contribution is 9.10. The minimum Gasteiger partial charge on any atom is -0.381 e. The molecule has 0 saturated carbocycles. The Balaban J connectivity index is 2.27. The summed E-state index contributed by atoms with van der Waals surface area (Å²) in [4.78, 5) is 12.2. The van der Waals surface area contributed by atoms with Crippen LogP contribution >= 0.6 is 26.6 Å². The molecule has 116 valence electrons. The molecule has 1 N–H and O–H groups in total. The van der Waals surface area contributed by atoms with Crippen LogP contribution < -0.4 is 5.32 Å². The SMILES string of the molecule is Cc1cc(C(=O)NC2CCOCC2)cc(S(=O)(=O)Cl)c1Br. The zero-order valence-corrected chi connectivity index (χ0v) is 14.5. The van der Waals surface area contributed by atoms with E-state index in [-0.39, 0.29) is 22.4 Å². The Labute approximate surface area is 136 Å². The molecule has 1 heterocycles. The van der Waals surface area contributed by atoms with Gasteiger partial charge in [-0.25, -0.2) is 8.42 Å². The Morgan fingerprint density at radius 1 is 1.38 bits per heavy atom. The second-order valence-electron chi connectivity index (χ2n) is 4.90. The van der Waals surface area contributed by atoms with Crippen molar-refractivity contribution in [1.82, 2.24) is 5.32 Å². The summed E-state index contributed by atoms with van der Waals surface area (Å²) >= 11 is 3.19. The molecule has 21 heavy (non-hydrogen) atoms. The van der Waals surface area contributed by atoms with Crippen molar-refractivity contribution in [3.05, 3.63) is 27.7 Å². The van der Waals surface area contributed by atoms with Gasteiger partial charge in [-0.1, -0.05) is 0 Å². The topological polar surface area (TPSA) is 72.5 Å². The zero-order valence-electron chi connectivity index (χ0n) is 11.4. The van der Waals surface area contributed by atoms with Gasteiger partial charge >= 0.3 is 0 Å². The minimum absolute atomic E-state index is 0.0475. The normalized spacial score (nSPS) is 16.7. The molecule has 1 aromatic rings. The molecule has 0 unspecified atom stereocenters. The van der Waals surface area contributed by atoms with Crippen LogP contribution in [-0.4, -0.2) is 33.6 Å². The molecule has 1 saturated heterocycles. The Bertz CT molecular complexity index is 656. The molecule has 0 atom stereocenters. The number of ether oxygens (including phenoxy) is 1. The van der Waals surface area contributed by atoms with Crippen molar-refractivity contribution in [2.24, 2.45) is 0 Å². The predicted molar refractivity (Wildman–Crippen MR) is 83.2 cm³/mol. The van der Waals surface area contributed by atoms with Crippen molar-refractivity contribution >= 4 is 41.6 Å². The average molecular weight is 397 g/mol. The van der Waals surface area contributed by atoms with Crippen molar-refractivity contribution in [2.75, 3.05) is 13.2 Å². The molecule has 1 aliphatic rings. The van der Waals surface area contributed by atoms with Crippen molar-refractivity contribution in [1.29, 1.82) is 0 Å². The standard InChI is InChI=1S/C13H15BrClNO4S/c1-8-6-9(7-11(12(8)14)21(15,18)19)13(17)16-10-2-4-20-5-3-10/h6-7,10H,2-5H2,1H3,(H,16,17). The van der Waals surface area contributed by atoms with Crippen molar-refractivity contribution in [3.8, 4) is 0 Å². The van der Waals surface area contributed by atoms with E-state index in [1.54, 1.807) is 13.0 Å². The van der Waals surface area contributed by atoms with Crippen LogP contribution in [0.4, 0.5) is 0 Å². The van der Waals surface area contributed by atoms with Gasteiger partial charge in [-0.05, 0) is 53.4 Å². The van der Waals surface area contributed by atoms with E-state index >= 15 is 0 Å². The third kappa shape index (κ3) is 4.18. The number of benzene rings is 1. The van der Waals surface area contributed by atoms with E-state index in [4.69, 9.17) is 15.4 Å². The molecule has 0 radical (unpaired) electrons. The van der Waals surface area contributed by atoms with Gasteiger partial charge in [0.25, 0.3) is 15.0 Å². The number of rotatable bonds is 3. The maximum Gasteiger partial charge on any atom is 0.262 e. The summed E-state index contributed by atoms with van der Waals surface area (Å²) in [7, 11) is 1.48. The lowest BCUT2D eigenvalue weighted by Crippen LogP contribution is -2.38. The van der Waals surface area contributed by atoms with E-state index in [0.717, 1.165) is 12.8 Å². The van der Waals surface area contributed by atoms with Crippen LogP contribution in [0.1, 0.15) is 28.8 Å². The second-order valence-corrected chi connectivity index (χ2v) is 8.23. The van der Waals surface area contributed by atoms with E-state index in [1.165, 1.54) is 6.07 Å². The van der Waals surface area contributed by atoms with Gasteiger partial charge in [0.15, 0.2) is 0 Å². The first kappa shape index (κ1) is 16.7. The van der Waals surface area contributed by atoms with Crippen LogP contribution in [0.2, 0.25) is 0 Å². The lowest BCUT2D eigenvalue weighted by atomic mass is 10.1. The molecule has 0 aliphatic carbocycles. The number of aryl methyl sites for hydroxylation is 1. The van der Waals surface area contributed by atoms with Crippen LogP contribution in [0.5, 0.6) is 0 Å². The summed E-state index contributed by atoms with van der Waals surface area (Å²) in [6.07, 6.45) is 1.50. The van der Waals surface area contributed by atoms with Gasteiger partial charge in [-0.15, -0.1) is 0 Å². The summed E-state index contributed by atoms with van der Waals surface area (Å²) in [5.74, 6) is -0.306. The first-order valence-electron chi connectivity index (χ1n) is 6.42. The first-order valence-corrected chi connectivity index (χ1v) is 9.52. The van der Waals surface area contributed by atoms with Gasteiger partial charge in [0.1, 0.15) is 0 Å². The number of hydrogen-bond acceptors (Lipinski definition) is 4. The third-order valence-electron chi connectivity index (χ3n) is 3.30. The van der Waals surface area contributed by atoms with Gasteiger partial charge in [0.05, 0.1) is 4.90 Å². The molecule has 2 rings (SSSR count). The average Bonchev–Trinajstić information content (AvgIpc) is 2.41. The first-order chi connectivity index (χ1) is 9.79. The predicted octanol–water partition coefficient (Wildman–Crippen LogP) is 2.59. The molecular formula is C13H15BrClNO4S. The van der Waals surface area contributed by atoms with Gasteiger partial charge in [-0.2, -0.15) is 0 Å². The van der Waals surface area contributed by atoms with Crippen LogP contribution in [-0.2, 0) is 13.8 Å². The number of carbonyl (C=O) groups is 1. The van der Waals surface area contributed by atoms with Gasteiger partial charge in [0.2, 0.25) is 0 Å². The number of halogens is 2.